The van der Waals surface area contributed by atoms with Crippen LogP contribution in [0.3, 0.4) is 0 Å². The van der Waals surface area contributed by atoms with Crippen LogP contribution >= 0.6 is 0 Å². The van der Waals surface area contributed by atoms with Crippen LogP contribution in [0.15, 0.2) is 23.8 Å². The lowest BCUT2D eigenvalue weighted by Crippen LogP contribution is -2.49. The van der Waals surface area contributed by atoms with Gasteiger partial charge in [-0.2, -0.15) is 0 Å². The summed E-state index contributed by atoms with van der Waals surface area (Å²) in [6.07, 6.45) is 17.8. The molecule has 0 spiro atoms. The minimum absolute atomic E-state index is 0.221. The summed E-state index contributed by atoms with van der Waals surface area (Å²) >= 11 is 0. The lowest BCUT2D eigenvalue weighted by Gasteiger charge is -2.56. The van der Waals surface area contributed by atoms with E-state index in [0.717, 1.165) is 42.9 Å². The maximum Gasteiger partial charge on any atom is 0.156 e. The second kappa shape index (κ2) is 7.98. The number of rotatable bonds is 6. The van der Waals surface area contributed by atoms with Crippen LogP contribution in [0.5, 0.6) is 0 Å². The lowest BCUT2D eigenvalue weighted by atomic mass is 9.48. The van der Waals surface area contributed by atoms with Gasteiger partial charge >= 0.3 is 0 Å². The molecule has 2 fully saturated rings. The van der Waals surface area contributed by atoms with E-state index in [0.29, 0.717) is 29.6 Å². The maximum absolute atomic E-state index is 12.0. The van der Waals surface area contributed by atoms with E-state index in [-0.39, 0.29) is 5.41 Å². The van der Waals surface area contributed by atoms with Gasteiger partial charge in [0.2, 0.25) is 0 Å². The molecule has 29 heavy (non-hydrogen) atoms. The van der Waals surface area contributed by atoms with Crippen molar-refractivity contribution in [3.8, 4) is 0 Å². The fourth-order valence-corrected chi connectivity index (χ4v) is 8.05. The highest BCUT2D eigenvalue weighted by Gasteiger charge is 2.58. The number of ketones is 1. The fraction of sp³-hybridized carbons (Fsp3) is 0.815. The number of carbonyl (C=O) groups excluding carboxylic acids is 1. The lowest BCUT2D eigenvalue weighted by molar-refractivity contribution is -0.116. The van der Waals surface area contributed by atoms with E-state index in [4.69, 9.17) is 0 Å². The topological polar surface area (TPSA) is 37.3 Å². The van der Waals surface area contributed by atoms with Crippen molar-refractivity contribution >= 4 is 5.78 Å². The van der Waals surface area contributed by atoms with Crippen molar-refractivity contribution < 1.29 is 9.90 Å². The average Bonchev–Trinajstić information content (AvgIpc) is 3.05. The van der Waals surface area contributed by atoms with Crippen molar-refractivity contribution in [3.63, 3.8) is 0 Å². The van der Waals surface area contributed by atoms with Crippen LogP contribution in [0.2, 0.25) is 0 Å². The van der Waals surface area contributed by atoms with Crippen molar-refractivity contribution in [3.05, 3.63) is 23.8 Å². The van der Waals surface area contributed by atoms with Crippen molar-refractivity contribution in [2.75, 3.05) is 6.61 Å². The van der Waals surface area contributed by atoms with Gasteiger partial charge in [0.1, 0.15) is 0 Å². The van der Waals surface area contributed by atoms with Crippen LogP contribution in [0.4, 0.5) is 0 Å². The van der Waals surface area contributed by atoms with Crippen molar-refractivity contribution in [2.45, 2.75) is 85.5 Å². The summed E-state index contributed by atoms with van der Waals surface area (Å²) < 4.78 is 0. The van der Waals surface area contributed by atoms with Gasteiger partial charge in [-0.05, 0) is 96.5 Å². The van der Waals surface area contributed by atoms with Gasteiger partial charge < -0.3 is 5.11 Å². The molecule has 162 valence electrons. The van der Waals surface area contributed by atoms with Gasteiger partial charge in [-0.1, -0.05) is 52.7 Å². The largest absolute Gasteiger partial charge is 0.396 e. The molecule has 0 aromatic rings. The molecule has 0 heterocycles. The number of carbonyl (C=O) groups is 1. The second-order valence-corrected chi connectivity index (χ2v) is 11.6. The standard InChI is InChI=1S/C27H42O2/c1-18(17-28)6-5-7-19(2)23-10-11-24-22-9-8-20-16-21(29)12-14-26(20,3)25(22)13-15-27(23,24)4/h8-9,16,18-19,22-25,28H,5-7,10-15,17H2,1-4H3/t18-,19?,22?,23+,24?,25?,26-,27+/m0/s1. The molecule has 4 rings (SSSR count). The van der Waals surface area contributed by atoms with Crippen LogP contribution in [-0.4, -0.2) is 17.5 Å². The highest BCUT2D eigenvalue weighted by Crippen LogP contribution is 2.66. The van der Waals surface area contributed by atoms with Crippen LogP contribution in [0.1, 0.15) is 85.5 Å². The molecule has 0 aliphatic heterocycles. The van der Waals surface area contributed by atoms with E-state index in [2.05, 4.69) is 39.8 Å². The SMILES string of the molecule is CC(CCC[C@H](C)CO)[C@H]1CCC2C3C=CC4=CC(=O)CC[C@]4(C)C3CC[C@@]21C. The molecule has 8 atom stereocenters. The third kappa shape index (κ3) is 3.58. The zero-order valence-corrected chi connectivity index (χ0v) is 19.1. The Kier molecular flexibility index (Phi) is 5.88. The molecule has 1 N–H and O–H groups in total. The minimum atomic E-state index is 0.221. The first-order chi connectivity index (χ1) is 13.8. The third-order valence-corrected chi connectivity index (χ3v) is 9.94. The normalized spacial score (nSPS) is 43.2. The molecule has 0 saturated heterocycles. The molecule has 0 radical (unpaired) electrons. The Labute approximate surface area is 178 Å². The minimum Gasteiger partial charge on any atom is -0.396 e. The molecule has 2 heteroatoms. The Morgan fingerprint density at radius 2 is 1.90 bits per heavy atom. The molecule has 2 nitrogen and oxygen atoms in total. The van der Waals surface area contributed by atoms with Crippen molar-refractivity contribution in [2.24, 2.45) is 46.3 Å². The van der Waals surface area contributed by atoms with Crippen LogP contribution in [0, 0.1) is 46.3 Å². The highest BCUT2D eigenvalue weighted by atomic mass is 16.3. The molecular formula is C27H42O2. The summed E-state index contributed by atoms with van der Waals surface area (Å²) in [7, 11) is 0. The van der Waals surface area contributed by atoms with Crippen molar-refractivity contribution in [1.82, 2.24) is 0 Å². The summed E-state index contributed by atoms with van der Waals surface area (Å²) in [6, 6.07) is 0. The second-order valence-electron chi connectivity index (χ2n) is 11.6. The summed E-state index contributed by atoms with van der Waals surface area (Å²) in [5.41, 5.74) is 2.02. The van der Waals surface area contributed by atoms with Crippen LogP contribution < -0.4 is 0 Å². The Balaban J connectivity index is 1.49. The van der Waals surface area contributed by atoms with Crippen molar-refractivity contribution in [1.29, 1.82) is 0 Å². The maximum atomic E-state index is 12.0. The fourth-order valence-electron chi connectivity index (χ4n) is 8.05. The Hall–Kier alpha value is -0.890. The van der Waals surface area contributed by atoms with Crippen LogP contribution in [-0.2, 0) is 4.79 Å². The Morgan fingerprint density at radius 3 is 2.66 bits per heavy atom. The summed E-state index contributed by atoms with van der Waals surface area (Å²) in [5, 5.41) is 9.31. The zero-order valence-electron chi connectivity index (χ0n) is 19.1. The first-order valence-electron chi connectivity index (χ1n) is 12.3. The number of fused-ring (bicyclic) bond motifs is 5. The van der Waals surface area contributed by atoms with Gasteiger partial charge in [-0.3, -0.25) is 4.79 Å². The van der Waals surface area contributed by atoms with E-state index < -0.39 is 0 Å². The van der Waals surface area contributed by atoms with Crippen LogP contribution in [0.25, 0.3) is 0 Å². The molecule has 0 aromatic carbocycles. The molecule has 0 aromatic heterocycles. The number of allylic oxidation sites excluding steroid dienone is 4. The molecular weight excluding hydrogens is 356 g/mol. The predicted octanol–water partition coefficient (Wildman–Crippen LogP) is 6.35. The highest BCUT2D eigenvalue weighted by molar-refractivity contribution is 5.92. The molecule has 4 aliphatic rings. The van der Waals surface area contributed by atoms with Gasteiger partial charge in [0.25, 0.3) is 0 Å². The number of aliphatic hydroxyl groups excluding tert-OH is 1. The Morgan fingerprint density at radius 1 is 1.10 bits per heavy atom. The summed E-state index contributed by atoms with van der Waals surface area (Å²) in [6.45, 7) is 10.1. The Bertz CT molecular complexity index is 691. The summed E-state index contributed by atoms with van der Waals surface area (Å²) in [5.74, 6) is 4.66. The van der Waals surface area contributed by atoms with Gasteiger partial charge in [0, 0.05) is 13.0 Å². The molecule has 0 amide bonds. The van der Waals surface area contributed by atoms with E-state index >= 15 is 0 Å². The first-order valence-corrected chi connectivity index (χ1v) is 12.3. The predicted molar refractivity (Wildman–Crippen MR) is 119 cm³/mol. The first kappa shape index (κ1) is 21.3. The monoisotopic (exact) mass is 398 g/mol. The zero-order chi connectivity index (χ0) is 20.8. The van der Waals surface area contributed by atoms with Gasteiger partial charge in [0.15, 0.2) is 5.78 Å². The van der Waals surface area contributed by atoms with E-state index in [1.54, 1.807) is 0 Å². The molecule has 2 saturated carbocycles. The summed E-state index contributed by atoms with van der Waals surface area (Å²) in [4.78, 5) is 12.0. The quantitative estimate of drug-likeness (QED) is 0.566. The average molecular weight is 399 g/mol. The van der Waals surface area contributed by atoms with Gasteiger partial charge in [-0.25, -0.2) is 0 Å². The molecule has 0 bridgehead atoms. The number of hydrogen-bond donors (Lipinski definition) is 1. The number of hydrogen-bond acceptors (Lipinski definition) is 2. The van der Waals surface area contributed by atoms with E-state index in [1.165, 1.54) is 44.1 Å². The third-order valence-electron chi connectivity index (χ3n) is 9.94. The molecule has 4 aliphatic carbocycles. The number of aliphatic hydroxyl groups is 1. The molecule has 4 unspecified atom stereocenters. The van der Waals surface area contributed by atoms with E-state index in [9.17, 15) is 9.90 Å². The van der Waals surface area contributed by atoms with E-state index in [1.807, 2.05) is 6.08 Å². The smallest absolute Gasteiger partial charge is 0.156 e. The van der Waals surface area contributed by atoms with Gasteiger partial charge in [0.05, 0.1) is 0 Å². The van der Waals surface area contributed by atoms with Gasteiger partial charge in [-0.15, -0.1) is 0 Å².